The van der Waals surface area contributed by atoms with E-state index in [1.807, 2.05) is 37.3 Å². The molecule has 0 saturated carbocycles. The predicted octanol–water partition coefficient (Wildman–Crippen LogP) is 5.70. The van der Waals surface area contributed by atoms with Gasteiger partial charge in [0.15, 0.2) is 12.5 Å². The molecule has 3 aliphatic rings. The number of nitrogens with one attached hydrogen (secondary N) is 2. The first-order chi connectivity index (χ1) is 22.0. The van der Waals surface area contributed by atoms with Gasteiger partial charge in [0.05, 0.1) is 12.1 Å². The van der Waals surface area contributed by atoms with Crippen LogP contribution in [0.1, 0.15) is 30.9 Å². The van der Waals surface area contributed by atoms with Crippen LogP contribution in [-0.4, -0.2) is 74.0 Å². The van der Waals surface area contributed by atoms with Crippen LogP contribution in [0.25, 0.3) is 22.3 Å². The lowest BCUT2D eigenvalue weighted by atomic mass is 9.92. The summed E-state index contributed by atoms with van der Waals surface area (Å²) in [6.07, 6.45) is 2.58. The highest BCUT2D eigenvalue weighted by Gasteiger charge is 2.50. The molecule has 0 bridgehead atoms. The Labute approximate surface area is 273 Å². The van der Waals surface area contributed by atoms with Crippen LogP contribution < -0.4 is 15.4 Å². The summed E-state index contributed by atoms with van der Waals surface area (Å²) in [7, 11) is 4.92. The van der Waals surface area contributed by atoms with Crippen LogP contribution in [0.3, 0.4) is 0 Å². The van der Waals surface area contributed by atoms with Crippen molar-refractivity contribution < 1.29 is 28.2 Å². The van der Waals surface area contributed by atoms with Gasteiger partial charge >= 0.3 is 0 Å². The number of fused-ring (bicyclic) bond motifs is 1. The lowest BCUT2D eigenvalue weighted by Crippen LogP contribution is -2.46. The third-order valence-electron chi connectivity index (χ3n) is 9.20. The highest BCUT2D eigenvalue weighted by Crippen LogP contribution is 2.41. The maximum atomic E-state index is 15.7. The van der Waals surface area contributed by atoms with E-state index in [0.717, 1.165) is 24.0 Å². The van der Waals surface area contributed by atoms with E-state index in [0.29, 0.717) is 58.5 Å². The summed E-state index contributed by atoms with van der Waals surface area (Å²) in [4.78, 5) is 29.5. The number of rotatable bonds is 8. The third-order valence-corrected chi connectivity index (χ3v) is 9.61. The summed E-state index contributed by atoms with van der Waals surface area (Å²) < 4.78 is 32.3. The molecule has 0 aromatic heterocycles. The average molecular weight is 649 g/mol. The van der Waals surface area contributed by atoms with Gasteiger partial charge in [-0.05, 0) is 61.6 Å². The van der Waals surface area contributed by atoms with Crippen LogP contribution in [0.2, 0.25) is 5.02 Å². The molecule has 9 nitrogen and oxygen atoms in total. The Hall–Kier alpha value is -3.96. The van der Waals surface area contributed by atoms with Crippen molar-refractivity contribution >= 4 is 29.1 Å². The third kappa shape index (κ3) is 6.10. The minimum absolute atomic E-state index is 0.0158. The van der Waals surface area contributed by atoms with Crippen molar-refractivity contribution in [3.05, 3.63) is 82.3 Å². The molecule has 242 valence electrons. The number of carbonyl (C=O) groups excluding carboxylic acids is 2. The zero-order chi connectivity index (χ0) is 32.7. The fourth-order valence-electron chi connectivity index (χ4n) is 6.11. The van der Waals surface area contributed by atoms with Crippen LogP contribution in [0.4, 0.5) is 10.1 Å². The van der Waals surface area contributed by atoms with Crippen LogP contribution in [0.5, 0.6) is 5.75 Å². The number of hydrogen-bond acceptors (Lipinski definition) is 7. The zero-order valence-electron chi connectivity index (χ0n) is 26.6. The molecule has 2 amide bonds. The maximum absolute atomic E-state index is 15.7. The summed E-state index contributed by atoms with van der Waals surface area (Å²) in [6, 6.07) is 14.4. The molecule has 3 heterocycles. The quantitative estimate of drug-likeness (QED) is 0.239. The molecule has 2 saturated heterocycles. The summed E-state index contributed by atoms with van der Waals surface area (Å²) in [5.74, 6) is -0.889. The molecule has 0 spiro atoms. The molecule has 6 rings (SSSR count). The summed E-state index contributed by atoms with van der Waals surface area (Å²) in [5, 5.41) is 6.84. The van der Waals surface area contributed by atoms with Crippen LogP contribution >= 0.6 is 11.6 Å². The van der Waals surface area contributed by atoms with Gasteiger partial charge in [-0.1, -0.05) is 41.9 Å². The second-order valence-electron chi connectivity index (χ2n) is 12.3. The Morgan fingerprint density at radius 2 is 1.78 bits per heavy atom. The molecule has 46 heavy (non-hydrogen) atoms. The predicted molar refractivity (Wildman–Crippen MR) is 175 cm³/mol. The molecule has 2 N–H and O–H groups in total. The van der Waals surface area contributed by atoms with Gasteiger partial charge in [-0.2, -0.15) is 0 Å². The van der Waals surface area contributed by atoms with Crippen molar-refractivity contribution in [1.29, 1.82) is 0 Å². The normalized spacial score (nSPS) is 20.5. The standard InChI is InChI=1S/C35H38ClFN4O5/c1-20-22(8-7-11-28(20)39-31(42)26-19-40(3)33-34(46-33)41(4)32(26)43)24-10-6-9-23(30(24)36)21-16-27(37)25(29(17-21)44-5)18-38-35(2)12-14-45-15-13-35/h6-11,16-17,19,33-34,38H,12-15,18H2,1-5H3,(H,39,42). The molecule has 3 aromatic rings. The van der Waals surface area contributed by atoms with Crippen molar-refractivity contribution in [3.63, 3.8) is 0 Å². The highest BCUT2D eigenvalue weighted by atomic mass is 35.5. The number of carbonyl (C=O) groups is 2. The SMILES string of the molecule is COc1cc(-c2cccc(-c3cccc(NC(=O)C4=CN(C)C5OC5N(C)C4=O)c3C)c2Cl)cc(F)c1CNC1(C)CCOCC1. The fraction of sp³-hybridized carbons (Fsp3) is 0.371. The number of ether oxygens (including phenoxy) is 3. The van der Waals surface area contributed by atoms with Gasteiger partial charge in [-0.3, -0.25) is 9.59 Å². The number of halogens is 2. The number of anilines is 1. The van der Waals surface area contributed by atoms with Gasteiger partial charge in [0.25, 0.3) is 11.8 Å². The lowest BCUT2D eigenvalue weighted by Gasteiger charge is -2.35. The fourth-order valence-corrected chi connectivity index (χ4v) is 6.44. The number of amides is 2. The molecule has 11 heteroatoms. The second kappa shape index (κ2) is 12.7. The summed E-state index contributed by atoms with van der Waals surface area (Å²) in [6.45, 7) is 5.68. The van der Waals surface area contributed by atoms with E-state index in [9.17, 15) is 9.59 Å². The lowest BCUT2D eigenvalue weighted by molar-refractivity contribution is -0.129. The van der Waals surface area contributed by atoms with E-state index in [4.69, 9.17) is 25.8 Å². The van der Waals surface area contributed by atoms with Crippen LogP contribution in [0.15, 0.2) is 60.3 Å². The van der Waals surface area contributed by atoms with Gasteiger partial charge in [0, 0.05) is 68.0 Å². The van der Waals surface area contributed by atoms with Gasteiger partial charge in [0.2, 0.25) is 0 Å². The van der Waals surface area contributed by atoms with Crippen LogP contribution in [0, 0.1) is 12.7 Å². The average Bonchev–Trinajstić information content (AvgIpc) is 3.85. The number of hydrogen-bond donors (Lipinski definition) is 2. The Bertz CT molecular complexity index is 1720. The smallest absolute Gasteiger partial charge is 0.262 e. The van der Waals surface area contributed by atoms with E-state index in [-0.39, 0.29) is 29.4 Å². The van der Waals surface area contributed by atoms with Crippen molar-refractivity contribution in [3.8, 4) is 28.0 Å². The number of epoxide rings is 1. The molecule has 2 unspecified atom stereocenters. The van der Waals surface area contributed by atoms with Crippen LogP contribution in [-0.2, 0) is 25.6 Å². The highest BCUT2D eigenvalue weighted by molar-refractivity contribution is 6.36. The van der Waals surface area contributed by atoms with Crippen molar-refractivity contribution in [2.24, 2.45) is 0 Å². The molecular weight excluding hydrogens is 611 g/mol. The van der Waals surface area contributed by atoms with Crippen molar-refractivity contribution in [1.82, 2.24) is 15.1 Å². The minimum Gasteiger partial charge on any atom is -0.496 e. The first-order valence-corrected chi connectivity index (χ1v) is 15.6. The topological polar surface area (TPSA) is 95.7 Å². The number of nitrogens with zero attached hydrogens (tertiary/aromatic N) is 2. The summed E-state index contributed by atoms with van der Waals surface area (Å²) >= 11 is 7.03. The molecule has 3 aromatic carbocycles. The first kappa shape index (κ1) is 32.0. The number of benzene rings is 3. The van der Waals surface area contributed by atoms with Gasteiger partial charge < -0.3 is 34.6 Å². The van der Waals surface area contributed by atoms with E-state index in [1.165, 1.54) is 24.3 Å². The molecule has 0 aliphatic carbocycles. The molecule has 2 fully saturated rings. The molecule has 3 aliphatic heterocycles. The van der Waals surface area contributed by atoms with Gasteiger partial charge in [-0.15, -0.1) is 0 Å². The minimum atomic E-state index is -0.520. The van der Waals surface area contributed by atoms with Gasteiger partial charge in [0.1, 0.15) is 17.1 Å². The first-order valence-electron chi connectivity index (χ1n) is 15.3. The Kier molecular flexibility index (Phi) is 8.82. The molecule has 2 atom stereocenters. The van der Waals surface area contributed by atoms with E-state index in [1.54, 1.807) is 31.1 Å². The Morgan fingerprint density at radius 1 is 1.09 bits per heavy atom. The van der Waals surface area contributed by atoms with Crippen molar-refractivity contribution in [2.45, 2.75) is 51.2 Å². The summed E-state index contributed by atoms with van der Waals surface area (Å²) in [5.41, 5.74) is 4.35. The Morgan fingerprint density at radius 3 is 2.52 bits per heavy atom. The number of likely N-dealkylation sites (N-methyl/N-ethyl adjacent to an activating group) is 2. The Balaban J connectivity index is 1.27. The van der Waals surface area contributed by atoms with Crippen molar-refractivity contribution in [2.75, 3.05) is 39.7 Å². The number of methoxy groups -OCH3 is 1. The zero-order valence-corrected chi connectivity index (χ0v) is 27.3. The van der Waals surface area contributed by atoms with E-state index >= 15 is 4.39 Å². The van der Waals surface area contributed by atoms with E-state index in [2.05, 4.69) is 17.6 Å². The largest absolute Gasteiger partial charge is 0.496 e. The molecular formula is C35H38ClFN4O5. The van der Waals surface area contributed by atoms with Gasteiger partial charge in [-0.25, -0.2) is 4.39 Å². The molecule has 0 radical (unpaired) electrons. The maximum Gasteiger partial charge on any atom is 0.262 e. The second-order valence-corrected chi connectivity index (χ2v) is 12.7. The van der Waals surface area contributed by atoms with E-state index < -0.39 is 11.8 Å². The monoisotopic (exact) mass is 648 g/mol.